The molecular formula is C23H25ClIN5O2. The molecule has 7 nitrogen and oxygen atoms in total. The van der Waals surface area contributed by atoms with Gasteiger partial charge in [0.25, 0.3) is 0 Å². The van der Waals surface area contributed by atoms with Crippen LogP contribution < -0.4 is 9.64 Å². The van der Waals surface area contributed by atoms with Gasteiger partial charge >= 0.3 is 0 Å². The molecule has 1 atom stereocenters. The summed E-state index contributed by atoms with van der Waals surface area (Å²) in [5.41, 5.74) is 3.45. The summed E-state index contributed by atoms with van der Waals surface area (Å²) in [7, 11) is 1.68. The van der Waals surface area contributed by atoms with Gasteiger partial charge in [0.15, 0.2) is 0 Å². The predicted molar refractivity (Wildman–Crippen MR) is 134 cm³/mol. The van der Waals surface area contributed by atoms with Crippen LogP contribution in [0.5, 0.6) is 5.75 Å². The SMILES string of the molecule is COc1cc(N2CCN(C(=O)Cn3nc(-c4ccncc4)c(Cl)c3C)[C@@H](C)C2)ccc1I. The summed E-state index contributed by atoms with van der Waals surface area (Å²) in [5.74, 6) is 0.909. The number of piperazine rings is 1. The van der Waals surface area contributed by atoms with Crippen molar-refractivity contribution < 1.29 is 9.53 Å². The van der Waals surface area contributed by atoms with E-state index in [1.165, 1.54) is 0 Å². The smallest absolute Gasteiger partial charge is 0.244 e. The molecule has 0 radical (unpaired) electrons. The Balaban J connectivity index is 1.45. The average Bonchev–Trinajstić information content (AvgIpc) is 3.08. The van der Waals surface area contributed by atoms with E-state index in [-0.39, 0.29) is 18.5 Å². The summed E-state index contributed by atoms with van der Waals surface area (Å²) in [5, 5.41) is 5.18. The van der Waals surface area contributed by atoms with Crippen molar-refractivity contribution in [3.63, 3.8) is 0 Å². The van der Waals surface area contributed by atoms with E-state index in [4.69, 9.17) is 16.3 Å². The molecule has 32 heavy (non-hydrogen) atoms. The number of carbonyl (C=O) groups excluding carboxylic acids is 1. The van der Waals surface area contributed by atoms with Crippen LogP contribution in [0.15, 0.2) is 42.7 Å². The number of aromatic nitrogens is 3. The third-order valence-electron chi connectivity index (χ3n) is 5.82. The minimum Gasteiger partial charge on any atom is -0.496 e. The van der Waals surface area contributed by atoms with Crippen molar-refractivity contribution in [1.29, 1.82) is 0 Å². The van der Waals surface area contributed by atoms with E-state index in [9.17, 15) is 4.79 Å². The Labute approximate surface area is 206 Å². The van der Waals surface area contributed by atoms with Gasteiger partial charge in [-0.25, -0.2) is 0 Å². The normalized spacial score (nSPS) is 16.3. The van der Waals surface area contributed by atoms with Crippen LogP contribution in [0.1, 0.15) is 12.6 Å². The highest BCUT2D eigenvalue weighted by atomic mass is 127. The molecule has 0 unspecified atom stereocenters. The number of halogens is 2. The zero-order chi connectivity index (χ0) is 22.8. The van der Waals surface area contributed by atoms with Crippen LogP contribution in [0, 0.1) is 10.5 Å². The van der Waals surface area contributed by atoms with Gasteiger partial charge < -0.3 is 14.5 Å². The first-order valence-corrected chi connectivity index (χ1v) is 11.9. The Morgan fingerprint density at radius 1 is 1.25 bits per heavy atom. The number of benzene rings is 1. The van der Waals surface area contributed by atoms with Gasteiger partial charge in [-0.05, 0) is 60.7 Å². The second-order valence-electron chi connectivity index (χ2n) is 7.84. The van der Waals surface area contributed by atoms with Crippen molar-refractivity contribution in [3.05, 3.63) is 57.0 Å². The number of carbonyl (C=O) groups is 1. The number of anilines is 1. The molecule has 0 spiro atoms. The molecule has 1 amide bonds. The van der Waals surface area contributed by atoms with Crippen molar-refractivity contribution >= 4 is 45.8 Å². The maximum absolute atomic E-state index is 13.1. The third kappa shape index (κ3) is 4.56. The number of ether oxygens (including phenoxy) is 1. The van der Waals surface area contributed by atoms with Crippen molar-refractivity contribution in [1.82, 2.24) is 19.7 Å². The van der Waals surface area contributed by atoms with Gasteiger partial charge in [-0.1, -0.05) is 11.6 Å². The number of amides is 1. The molecule has 2 aromatic heterocycles. The van der Waals surface area contributed by atoms with Gasteiger partial charge in [0.2, 0.25) is 5.91 Å². The molecule has 1 aromatic carbocycles. The van der Waals surface area contributed by atoms with E-state index in [1.54, 1.807) is 24.2 Å². The summed E-state index contributed by atoms with van der Waals surface area (Å²) in [6.45, 7) is 6.31. The lowest BCUT2D eigenvalue weighted by Gasteiger charge is -2.41. The van der Waals surface area contributed by atoms with E-state index in [0.29, 0.717) is 17.3 Å². The molecule has 168 valence electrons. The molecule has 0 aliphatic carbocycles. The monoisotopic (exact) mass is 565 g/mol. The highest BCUT2D eigenvalue weighted by Crippen LogP contribution is 2.30. The molecule has 1 aliphatic rings. The van der Waals surface area contributed by atoms with Gasteiger partial charge in [0, 0.05) is 55.4 Å². The number of pyridine rings is 1. The van der Waals surface area contributed by atoms with Crippen LogP contribution in [0.2, 0.25) is 5.02 Å². The number of hydrogen-bond acceptors (Lipinski definition) is 5. The molecule has 1 fully saturated rings. The Bertz CT molecular complexity index is 1120. The van der Waals surface area contributed by atoms with Gasteiger partial charge in [-0.2, -0.15) is 5.10 Å². The summed E-state index contributed by atoms with van der Waals surface area (Å²) < 4.78 is 8.24. The van der Waals surface area contributed by atoms with E-state index in [0.717, 1.165) is 39.4 Å². The Morgan fingerprint density at radius 3 is 2.69 bits per heavy atom. The van der Waals surface area contributed by atoms with Crippen molar-refractivity contribution in [2.75, 3.05) is 31.6 Å². The highest BCUT2D eigenvalue weighted by molar-refractivity contribution is 14.1. The Hall–Kier alpha value is -2.33. The van der Waals surface area contributed by atoms with Crippen molar-refractivity contribution in [3.8, 4) is 17.0 Å². The fraction of sp³-hybridized carbons (Fsp3) is 0.348. The molecule has 0 bridgehead atoms. The molecule has 1 saturated heterocycles. The van der Waals surface area contributed by atoms with Crippen LogP contribution in [-0.4, -0.2) is 58.4 Å². The maximum Gasteiger partial charge on any atom is 0.244 e. The summed E-state index contributed by atoms with van der Waals surface area (Å²) >= 11 is 8.79. The maximum atomic E-state index is 13.1. The van der Waals surface area contributed by atoms with Crippen molar-refractivity contribution in [2.24, 2.45) is 0 Å². The zero-order valence-electron chi connectivity index (χ0n) is 18.3. The van der Waals surface area contributed by atoms with E-state index < -0.39 is 0 Å². The molecule has 4 rings (SSSR count). The van der Waals surface area contributed by atoms with Crippen LogP contribution in [-0.2, 0) is 11.3 Å². The second kappa shape index (κ2) is 9.66. The minimum atomic E-state index is 0.0425. The van der Waals surface area contributed by atoms with Gasteiger partial charge in [-0.3, -0.25) is 14.5 Å². The molecule has 1 aliphatic heterocycles. The van der Waals surface area contributed by atoms with Gasteiger partial charge in [0.1, 0.15) is 18.0 Å². The van der Waals surface area contributed by atoms with E-state index >= 15 is 0 Å². The van der Waals surface area contributed by atoms with Crippen LogP contribution in [0.25, 0.3) is 11.3 Å². The first-order chi connectivity index (χ1) is 15.4. The molecule has 0 N–H and O–H groups in total. The first kappa shape index (κ1) is 22.8. The number of hydrogen-bond donors (Lipinski definition) is 0. The number of methoxy groups -OCH3 is 1. The quantitative estimate of drug-likeness (QED) is 0.433. The van der Waals surface area contributed by atoms with Crippen LogP contribution in [0.4, 0.5) is 5.69 Å². The second-order valence-corrected chi connectivity index (χ2v) is 9.38. The van der Waals surface area contributed by atoms with E-state index in [2.05, 4.69) is 62.7 Å². The van der Waals surface area contributed by atoms with Crippen LogP contribution >= 0.6 is 34.2 Å². The topological polar surface area (TPSA) is 63.5 Å². The lowest BCUT2D eigenvalue weighted by atomic mass is 10.1. The largest absolute Gasteiger partial charge is 0.496 e. The van der Waals surface area contributed by atoms with E-state index in [1.807, 2.05) is 24.0 Å². The molecule has 3 heterocycles. The molecule has 0 saturated carbocycles. The number of nitrogens with zero attached hydrogens (tertiary/aromatic N) is 5. The predicted octanol–water partition coefficient (Wildman–Crippen LogP) is 4.26. The van der Waals surface area contributed by atoms with Gasteiger partial charge in [0.05, 0.1) is 21.4 Å². The molecular weight excluding hydrogens is 541 g/mol. The summed E-state index contributed by atoms with van der Waals surface area (Å²) in [4.78, 5) is 21.4. The number of rotatable bonds is 5. The Morgan fingerprint density at radius 2 is 2.00 bits per heavy atom. The Kier molecular flexibility index (Phi) is 6.90. The molecule has 9 heteroatoms. The lowest BCUT2D eigenvalue weighted by molar-refractivity contribution is -0.134. The molecule has 3 aromatic rings. The van der Waals surface area contributed by atoms with Gasteiger partial charge in [-0.15, -0.1) is 0 Å². The fourth-order valence-corrected chi connectivity index (χ4v) is 4.80. The fourth-order valence-electron chi connectivity index (χ4n) is 4.00. The highest BCUT2D eigenvalue weighted by Gasteiger charge is 2.29. The summed E-state index contributed by atoms with van der Waals surface area (Å²) in [6, 6.07) is 10.0. The third-order valence-corrected chi connectivity index (χ3v) is 7.16. The van der Waals surface area contributed by atoms with Crippen LogP contribution in [0.3, 0.4) is 0 Å². The lowest BCUT2D eigenvalue weighted by Crippen LogP contribution is -2.54. The zero-order valence-corrected chi connectivity index (χ0v) is 21.2. The first-order valence-electron chi connectivity index (χ1n) is 10.4. The minimum absolute atomic E-state index is 0.0425. The average molecular weight is 566 g/mol. The standard InChI is InChI=1S/C23H25ClIN5O2/c1-15-13-28(18-4-5-19(25)20(12-18)32-3)10-11-29(15)21(31)14-30-16(2)22(24)23(27-30)17-6-8-26-9-7-17/h4-9,12,15H,10-11,13-14H2,1-3H3/t15-/m0/s1. The van der Waals surface area contributed by atoms with Crippen molar-refractivity contribution in [2.45, 2.75) is 26.4 Å². The summed E-state index contributed by atoms with van der Waals surface area (Å²) in [6.07, 6.45) is 3.41.